The first-order valence-corrected chi connectivity index (χ1v) is 8.28. The van der Waals surface area contributed by atoms with E-state index in [4.69, 9.17) is 0 Å². The van der Waals surface area contributed by atoms with Crippen molar-refractivity contribution in [2.75, 3.05) is 6.54 Å². The molecule has 0 atom stereocenters. The third kappa shape index (κ3) is 3.24. The summed E-state index contributed by atoms with van der Waals surface area (Å²) in [7, 11) is 0. The van der Waals surface area contributed by atoms with Gasteiger partial charge >= 0.3 is 0 Å². The molecule has 0 bridgehead atoms. The Morgan fingerprint density at radius 3 is 2.85 bits per heavy atom. The molecular weight excluding hydrogens is 349 g/mol. The molecule has 0 saturated carbocycles. The molecule has 0 fully saturated rings. The van der Waals surface area contributed by atoms with Crippen molar-refractivity contribution in [1.29, 1.82) is 0 Å². The Kier molecular flexibility index (Phi) is 4.29. The van der Waals surface area contributed by atoms with Gasteiger partial charge in [-0.3, -0.25) is 14.6 Å². The summed E-state index contributed by atoms with van der Waals surface area (Å²) >= 11 is 0. The molecule has 27 heavy (non-hydrogen) atoms. The number of hydrogen-bond acceptors (Lipinski definition) is 5. The summed E-state index contributed by atoms with van der Waals surface area (Å²) in [6, 6.07) is 13.0. The molecule has 1 N–H and O–H groups in total. The van der Waals surface area contributed by atoms with Crippen LogP contribution in [0.25, 0.3) is 21.7 Å². The number of aromatic nitrogens is 4. The molecule has 4 rings (SSSR count). The van der Waals surface area contributed by atoms with E-state index in [1.807, 2.05) is 30.3 Å². The first-order valence-electron chi connectivity index (χ1n) is 8.28. The highest BCUT2D eigenvalue weighted by Gasteiger charge is 2.12. The lowest BCUT2D eigenvalue weighted by molar-refractivity contribution is 0.0948. The van der Waals surface area contributed by atoms with Gasteiger partial charge in [-0.15, -0.1) is 5.10 Å². The Labute approximate surface area is 152 Å². The number of carbonyl (C=O) groups excluding carboxylic acids is 1. The van der Waals surface area contributed by atoms with Crippen molar-refractivity contribution in [3.05, 3.63) is 76.6 Å². The van der Waals surface area contributed by atoms with Crippen LogP contribution in [0.15, 0.2) is 59.5 Å². The lowest BCUT2D eigenvalue weighted by Gasteiger charge is -2.08. The number of rotatable bonds is 4. The normalized spacial score (nSPS) is 11.0. The van der Waals surface area contributed by atoms with E-state index in [-0.39, 0.29) is 24.4 Å². The van der Waals surface area contributed by atoms with Gasteiger partial charge in [0, 0.05) is 18.1 Å². The quantitative estimate of drug-likeness (QED) is 0.598. The van der Waals surface area contributed by atoms with Gasteiger partial charge in [-0.1, -0.05) is 29.5 Å². The average molecular weight is 363 g/mol. The summed E-state index contributed by atoms with van der Waals surface area (Å²) in [6.45, 7) is 0.258. The molecule has 134 valence electrons. The highest BCUT2D eigenvalue weighted by atomic mass is 19.1. The number of fused-ring (bicyclic) bond motifs is 2. The third-order valence-corrected chi connectivity index (χ3v) is 4.18. The zero-order valence-corrected chi connectivity index (χ0v) is 14.1. The van der Waals surface area contributed by atoms with Crippen LogP contribution in [0.3, 0.4) is 0 Å². The van der Waals surface area contributed by atoms with E-state index in [0.29, 0.717) is 11.2 Å². The van der Waals surface area contributed by atoms with Crippen LogP contribution in [-0.4, -0.2) is 32.4 Å². The fourth-order valence-electron chi connectivity index (χ4n) is 2.85. The van der Waals surface area contributed by atoms with Crippen molar-refractivity contribution in [2.24, 2.45) is 0 Å². The Morgan fingerprint density at radius 2 is 1.96 bits per heavy atom. The van der Waals surface area contributed by atoms with Crippen molar-refractivity contribution < 1.29 is 9.18 Å². The van der Waals surface area contributed by atoms with E-state index in [1.54, 1.807) is 6.20 Å². The Bertz CT molecular complexity index is 1220. The van der Waals surface area contributed by atoms with Gasteiger partial charge in [0.1, 0.15) is 17.0 Å². The minimum Gasteiger partial charge on any atom is -0.349 e. The first kappa shape index (κ1) is 16.8. The summed E-state index contributed by atoms with van der Waals surface area (Å²) in [4.78, 5) is 29.0. The number of amides is 1. The molecule has 0 aliphatic rings. The minimum absolute atomic E-state index is 0.106. The maximum absolute atomic E-state index is 13.4. The van der Waals surface area contributed by atoms with Crippen LogP contribution in [0.4, 0.5) is 4.39 Å². The van der Waals surface area contributed by atoms with Crippen LogP contribution in [0.1, 0.15) is 10.5 Å². The molecule has 7 nitrogen and oxygen atoms in total. The number of pyridine rings is 1. The molecular formula is C19H14FN5O2. The molecule has 4 aromatic rings. The minimum atomic E-state index is -0.519. The molecule has 0 spiro atoms. The number of halogens is 1. The number of hydrogen-bond donors (Lipinski definition) is 1. The van der Waals surface area contributed by atoms with E-state index in [2.05, 4.69) is 20.6 Å². The van der Waals surface area contributed by atoms with E-state index >= 15 is 0 Å². The van der Waals surface area contributed by atoms with Crippen molar-refractivity contribution in [3.63, 3.8) is 0 Å². The molecule has 2 aromatic heterocycles. The zero-order valence-electron chi connectivity index (χ0n) is 14.1. The average Bonchev–Trinajstić information content (AvgIpc) is 2.69. The molecule has 8 heteroatoms. The van der Waals surface area contributed by atoms with Crippen LogP contribution in [0, 0.1) is 5.82 Å². The number of benzene rings is 2. The second kappa shape index (κ2) is 6.91. The molecule has 0 radical (unpaired) electrons. The maximum atomic E-state index is 13.4. The topological polar surface area (TPSA) is 89.8 Å². The molecule has 2 heterocycles. The summed E-state index contributed by atoms with van der Waals surface area (Å²) in [6.07, 6.45) is 1.57. The monoisotopic (exact) mass is 363 g/mol. The van der Waals surface area contributed by atoms with Crippen LogP contribution < -0.4 is 10.9 Å². The highest BCUT2D eigenvalue weighted by Crippen LogP contribution is 2.16. The first-order chi connectivity index (χ1) is 13.1. The fourth-order valence-corrected chi connectivity index (χ4v) is 2.85. The number of nitrogens with one attached hydrogen (secondary N) is 1. The second-order valence-corrected chi connectivity index (χ2v) is 5.92. The summed E-state index contributed by atoms with van der Waals surface area (Å²) in [5.41, 5.74) is 0.172. The van der Waals surface area contributed by atoms with E-state index in [0.717, 1.165) is 21.5 Å². The highest BCUT2D eigenvalue weighted by molar-refractivity contribution is 6.05. The second-order valence-electron chi connectivity index (χ2n) is 5.92. The third-order valence-electron chi connectivity index (χ3n) is 4.18. The maximum Gasteiger partial charge on any atom is 0.277 e. The standard InChI is InChI=1S/C19H14FN5O2/c20-13-5-6-16-15(11-13)19(27)25(24-23-16)10-9-22-18(26)17-14-4-2-1-3-12(14)7-8-21-17/h1-8,11H,9-10H2,(H,22,26). The SMILES string of the molecule is O=C(NCCn1nnc2ccc(F)cc2c1=O)c1nccc2ccccc12. The largest absolute Gasteiger partial charge is 0.349 e. The summed E-state index contributed by atoms with van der Waals surface area (Å²) in [5.74, 6) is -0.867. The Balaban J connectivity index is 1.51. The van der Waals surface area contributed by atoms with Crippen LogP contribution in [-0.2, 0) is 6.54 Å². The molecule has 2 aromatic carbocycles. The van der Waals surface area contributed by atoms with Gasteiger partial charge in [0.2, 0.25) is 0 Å². The fraction of sp³-hybridized carbons (Fsp3) is 0.105. The van der Waals surface area contributed by atoms with Crippen molar-refractivity contribution in [2.45, 2.75) is 6.54 Å². The van der Waals surface area contributed by atoms with Crippen molar-refractivity contribution in [3.8, 4) is 0 Å². The number of nitrogens with zero attached hydrogens (tertiary/aromatic N) is 4. The smallest absolute Gasteiger partial charge is 0.277 e. The van der Waals surface area contributed by atoms with Gasteiger partial charge in [0.15, 0.2) is 0 Å². The molecule has 0 unspecified atom stereocenters. The predicted molar refractivity (Wildman–Crippen MR) is 97.8 cm³/mol. The van der Waals surface area contributed by atoms with Gasteiger partial charge in [-0.05, 0) is 29.7 Å². The van der Waals surface area contributed by atoms with Gasteiger partial charge < -0.3 is 5.32 Å². The van der Waals surface area contributed by atoms with Gasteiger partial charge in [0.25, 0.3) is 11.5 Å². The molecule has 0 aliphatic carbocycles. The lowest BCUT2D eigenvalue weighted by Crippen LogP contribution is -2.33. The number of carbonyl (C=O) groups is 1. The molecule has 0 aliphatic heterocycles. The van der Waals surface area contributed by atoms with Gasteiger partial charge in [-0.25, -0.2) is 9.07 Å². The predicted octanol–water partition coefficient (Wildman–Crippen LogP) is 1.91. The van der Waals surface area contributed by atoms with Crippen LogP contribution in [0.5, 0.6) is 0 Å². The van der Waals surface area contributed by atoms with Crippen LogP contribution in [0.2, 0.25) is 0 Å². The Hall–Kier alpha value is -3.68. The van der Waals surface area contributed by atoms with Crippen molar-refractivity contribution in [1.82, 2.24) is 25.3 Å². The molecule has 0 saturated heterocycles. The van der Waals surface area contributed by atoms with E-state index in [9.17, 15) is 14.0 Å². The van der Waals surface area contributed by atoms with E-state index in [1.165, 1.54) is 12.1 Å². The zero-order chi connectivity index (χ0) is 18.8. The summed E-state index contributed by atoms with van der Waals surface area (Å²) < 4.78 is 14.5. The molecule has 1 amide bonds. The van der Waals surface area contributed by atoms with Gasteiger partial charge in [0.05, 0.1) is 11.9 Å². The van der Waals surface area contributed by atoms with Gasteiger partial charge in [-0.2, -0.15) is 0 Å². The van der Waals surface area contributed by atoms with Crippen molar-refractivity contribution >= 4 is 27.6 Å². The summed E-state index contributed by atoms with van der Waals surface area (Å²) in [5, 5.41) is 12.2. The van der Waals surface area contributed by atoms with Crippen LogP contribution >= 0.6 is 0 Å². The lowest BCUT2D eigenvalue weighted by atomic mass is 10.1. The van der Waals surface area contributed by atoms with E-state index < -0.39 is 11.4 Å². The Morgan fingerprint density at radius 1 is 1.11 bits per heavy atom.